The van der Waals surface area contributed by atoms with Gasteiger partial charge in [-0.05, 0) is 43.4 Å². The third-order valence-corrected chi connectivity index (χ3v) is 7.64. The Morgan fingerprint density at radius 2 is 2.04 bits per heavy atom. The molecule has 2 N–H and O–H groups in total. The number of esters is 1. The minimum absolute atomic E-state index is 0.0941. The maximum Gasteiger partial charge on any atom is 0.315 e. The molecule has 0 unspecified atom stereocenters. The first kappa shape index (κ1) is 16.6. The Bertz CT molecular complexity index is 526. The molecule has 2 aliphatic carbocycles. The zero-order valence-corrected chi connectivity index (χ0v) is 15.4. The SMILES string of the molecule is C=C1CCC[C@]2(C)C[C@H]3OC(=O)[C@H](C[NH+]4CC[NH+](C)CC4)[C@H]3C[C@@H]12. The molecule has 2 saturated carbocycles. The normalized spacial score (nSPS) is 48.6. The zero-order valence-electron chi connectivity index (χ0n) is 15.4. The number of rotatable bonds is 2. The number of piperazine rings is 1. The Kier molecular flexibility index (Phi) is 4.24. The second kappa shape index (κ2) is 6.14. The van der Waals surface area contributed by atoms with Crippen LogP contribution in [0.2, 0.25) is 0 Å². The molecule has 0 amide bonds. The number of allylic oxidation sites excluding steroid dienone is 1. The molecule has 4 aliphatic rings. The van der Waals surface area contributed by atoms with Gasteiger partial charge in [-0.15, -0.1) is 0 Å². The molecule has 0 aromatic rings. The molecule has 2 heterocycles. The van der Waals surface area contributed by atoms with E-state index in [-0.39, 0.29) is 18.0 Å². The monoisotopic (exact) mass is 334 g/mol. The molecule has 4 rings (SSSR count). The van der Waals surface area contributed by atoms with Crippen LogP contribution in [0.15, 0.2) is 12.2 Å². The van der Waals surface area contributed by atoms with Gasteiger partial charge in [-0.2, -0.15) is 0 Å². The topological polar surface area (TPSA) is 35.2 Å². The van der Waals surface area contributed by atoms with Crippen LogP contribution in [0.1, 0.15) is 39.0 Å². The lowest BCUT2D eigenvalue weighted by Crippen LogP contribution is -3.27. The van der Waals surface area contributed by atoms with Crippen molar-refractivity contribution in [2.75, 3.05) is 39.8 Å². The highest BCUT2D eigenvalue weighted by molar-refractivity contribution is 5.75. The van der Waals surface area contributed by atoms with Gasteiger partial charge >= 0.3 is 5.97 Å². The van der Waals surface area contributed by atoms with Gasteiger partial charge in [0, 0.05) is 5.92 Å². The highest BCUT2D eigenvalue weighted by Crippen LogP contribution is 2.56. The number of hydrogen-bond donors (Lipinski definition) is 2. The molecule has 134 valence electrons. The van der Waals surface area contributed by atoms with Crippen molar-refractivity contribution in [3.05, 3.63) is 12.2 Å². The van der Waals surface area contributed by atoms with Gasteiger partial charge in [0.2, 0.25) is 0 Å². The fourth-order valence-corrected chi connectivity index (χ4v) is 6.03. The van der Waals surface area contributed by atoms with Gasteiger partial charge in [-0.3, -0.25) is 4.79 Å². The summed E-state index contributed by atoms with van der Waals surface area (Å²) in [5.74, 6) is 1.26. The highest BCUT2D eigenvalue weighted by atomic mass is 16.6. The lowest BCUT2D eigenvalue weighted by molar-refractivity contribution is -1.00. The molecular weight excluding hydrogens is 300 g/mol. The molecule has 2 saturated heterocycles. The number of hydrogen-bond acceptors (Lipinski definition) is 2. The third-order valence-electron chi connectivity index (χ3n) is 7.64. The van der Waals surface area contributed by atoms with Crippen molar-refractivity contribution in [1.82, 2.24) is 0 Å². The number of quaternary nitrogens is 2. The minimum Gasteiger partial charge on any atom is -0.462 e. The average molecular weight is 335 g/mol. The summed E-state index contributed by atoms with van der Waals surface area (Å²) in [5, 5.41) is 0. The fraction of sp³-hybridized carbons (Fsp3) is 0.850. The van der Waals surface area contributed by atoms with Crippen LogP contribution in [0.3, 0.4) is 0 Å². The molecule has 24 heavy (non-hydrogen) atoms. The summed E-state index contributed by atoms with van der Waals surface area (Å²) in [4.78, 5) is 15.8. The Hall–Kier alpha value is -0.870. The Labute approximate surface area is 146 Å². The molecule has 0 aromatic heterocycles. The van der Waals surface area contributed by atoms with Crippen molar-refractivity contribution in [3.63, 3.8) is 0 Å². The second-order valence-electron chi connectivity index (χ2n) is 9.32. The summed E-state index contributed by atoms with van der Waals surface area (Å²) in [7, 11) is 2.27. The van der Waals surface area contributed by atoms with E-state index in [1.165, 1.54) is 51.0 Å². The lowest BCUT2D eigenvalue weighted by atomic mass is 9.55. The van der Waals surface area contributed by atoms with Gasteiger partial charge in [0.05, 0.1) is 13.6 Å². The van der Waals surface area contributed by atoms with Gasteiger partial charge < -0.3 is 14.5 Å². The number of carbonyl (C=O) groups excluding carboxylic acids is 1. The van der Waals surface area contributed by atoms with E-state index in [2.05, 4.69) is 20.6 Å². The van der Waals surface area contributed by atoms with Crippen molar-refractivity contribution < 1.29 is 19.3 Å². The number of nitrogens with one attached hydrogen (secondary N) is 2. The molecule has 2 aliphatic heterocycles. The van der Waals surface area contributed by atoms with Crippen molar-refractivity contribution in [2.24, 2.45) is 23.2 Å². The van der Waals surface area contributed by atoms with Gasteiger partial charge in [0.15, 0.2) is 0 Å². The van der Waals surface area contributed by atoms with Crippen LogP contribution in [-0.4, -0.2) is 51.8 Å². The summed E-state index contributed by atoms with van der Waals surface area (Å²) in [6.45, 7) is 12.6. The van der Waals surface area contributed by atoms with E-state index in [9.17, 15) is 4.79 Å². The number of fused-ring (bicyclic) bond motifs is 2. The number of ether oxygens (including phenoxy) is 1. The smallest absolute Gasteiger partial charge is 0.315 e. The van der Waals surface area contributed by atoms with E-state index in [0.717, 1.165) is 19.4 Å². The van der Waals surface area contributed by atoms with Gasteiger partial charge in [-0.25, -0.2) is 0 Å². The Balaban J connectivity index is 1.47. The maximum atomic E-state index is 12.6. The molecule has 4 heteroatoms. The van der Waals surface area contributed by atoms with Gasteiger partial charge in [-0.1, -0.05) is 19.1 Å². The predicted molar refractivity (Wildman–Crippen MR) is 92.9 cm³/mol. The summed E-state index contributed by atoms with van der Waals surface area (Å²) in [6.07, 6.45) is 6.08. The molecule has 4 fully saturated rings. The standard InChI is InChI=1S/C20H32N2O2/c1-14-5-4-6-20(2)12-18-15(11-17(14)20)16(19(23)24-18)13-22-9-7-21(3)8-10-22/h15-18H,1,4-13H2,2-3H3/p+2/t15-,16-,17+,18-,20-/m1/s1. The van der Waals surface area contributed by atoms with Crippen molar-refractivity contribution in [3.8, 4) is 0 Å². The van der Waals surface area contributed by atoms with Crippen molar-refractivity contribution in [2.45, 2.75) is 45.1 Å². The van der Waals surface area contributed by atoms with Crippen molar-refractivity contribution in [1.29, 1.82) is 0 Å². The molecular formula is C20H34N2O2+2. The fourth-order valence-electron chi connectivity index (χ4n) is 6.03. The van der Waals surface area contributed by atoms with Crippen LogP contribution in [0, 0.1) is 23.2 Å². The highest BCUT2D eigenvalue weighted by Gasteiger charge is 2.56. The van der Waals surface area contributed by atoms with E-state index in [4.69, 9.17) is 4.74 Å². The second-order valence-corrected chi connectivity index (χ2v) is 9.32. The Morgan fingerprint density at radius 1 is 1.29 bits per heavy atom. The van der Waals surface area contributed by atoms with Crippen LogP contribution in [-0.2, 0) is 9.53 Å². The average Bonchev–Trinajstić information content (AvgIpc) is 2.82. The summed E-state index contributed by atoms with van der Waals surface area (Å²) >= 11 is 0. The van der Waals surface area contributed by atoms with E-state index >= 15 is 0 Å². The lowest BCUT2D eigenvalue weighted by Gasteiger charge is -2.50. The quantitative estimate of drug-likeness (QED) is 0.538. The van der Waals surface area contributed by atoms with Crippen LogP contribution >= 0.6 is 0 Å². The van der Waals surface area contributed by atoms with Crippen LogP contribution in [0.4, 0.5) is 0 Å². The van der Waals surface area contributed by atoms with E-state index in [1.807, 2.05) is 0 Å². The molecule has 0 bridgehead atoms. The third kappa shape index (κ3) is 2.82. The van der Waals surface area contributed by atoms with Crippen LogP contribution in [0.25, 0.3) is 0 Å². The van der Waals surface area contributed by atoms with Crippen LogP contribution < -0.4 is 9.80 Å². The largest absolute Gasteiger partial charge is 0.462 e. The van der Waals surface area contributed by atoms with E-state index in [0.29, 0.717) is 17.3 Å². The van der Waals surface area contributed by atoms with E-state index < -0.39 is 0 Å². The maximum absolute atomic E-state index is 12.6. The first-order valence-electron chi connectivity index (χ1n) is 9.99. The van der Waals surface area contributed by atoms with E-state index in [1.54, 1.807) is 9.80 Å². The number of likely N-dealkylation sites (N-methyl/N-ethyl adjacent to an activating group) is 1. The Morgan fingerprint density at radius 3 is 2.79 bits per heavy atom. The molecule has 5 atom stereocenters. The summed E-state index contributed by atoms with van der Waals surface area (Å²) < 4.78 is 5.90. The zero-order chi connectivity index (χ0) is 16.9. The van der Waals surface area contributed by atoms with Crippen molar-refractivity contribution >= 4 is 5.97 Å². The molecule has 4 nitrogen and oxygen atoms in total. The first-order valence-corrected chi connectivity index (χ1v) is 9.99. The molecule has 0 spiro atoms. The van der Waals surface area contributed by atoms with Gasteiger partial charge in [0.1, 0.15) is 38.2 Å². The number of carbonyl (C=O) groups is 1. The summed E-state index contributed by atoms with van der Waals surface area (Å²) in [6, 6.07) is 0. The first-order chi connectivity index (χ1) is 11.5. The van der Waals surface area contributed by atoms with Crippen LogP contribution in [0.5, 0.6) is 0 Å². The molecule has 0 radical (unpaired) electrons. The minimum atomic E-state index is 0.0941. The summed E-state index contributed by atoms with van der Waals surface area (Å²) in [5.41, 5.74) is 1.76. The van der Waals surface area contributed by atoms with Gasteiger partial charge in [0.25, 0.3) is 0 Å². The molecule has 0 aromatic carbocycles. The predicted octanol–water partition coefficient (Wildman–Crippen LogP) is -0.286.